The van der Waals surface area contributed by atoms with Crippen molar-refractivity contribution in [2.24, 2.45) is 0 Å². The molecule has 330 valence electrons. The molecule has 1 heterocycles. The van der Waals surface area contributed by atoms with E-state index in [-0.39, 0.29) is 0 Å². The summed E-state index contributed by atoms with van der Waals surface area (Å²) in [7, 11) is -6.55. The first-order chi connectivity index (χ1) is 25.8. The fourth-order valence-electron chi connectivity index (χ4n) is 4.43. The molecule has 56 heavy (non-hydrogen) atoms. The second-order valence-corrected chi connectivity index (χ2v) is 13.0. The molecule has 1 rings (SSSR count). The Morgan fingerprint density at radius 1 is 0.607 bits per heavy atom. The Bertz CT molecular complexity index is 1260. The van der Waals surface area contributed by atoms with Crippen molar-refractivity contribution in [1.82, 2.24) is 0 Å². The molecular formula is C24H43O31P. The highest BCUT2D eigenvalue weighted by Gasteiger charge is 2.72. The average Bonchev–Trinajstić information content (AvgIpc) is 3.20. The summed E-state index contributed by atoms with van der Waals surface area (Å²) in [5.41, 5.74) is -8.39. The van der Waals surface area contributed by atoms with Crippen molar-refractivity contribution in [1.29, 1.82) is 0 Å². The van der Waals surface area contributed by atoms with Gasteiger partial charge in [0.2, 0.25) is 5.60 Å². The number of rotatable bonds is 23. The third-order valence-electron chi connectivity index (χ3n) is 7.92. The Balaban J connectivity index is 3.64. The SMILES string of the molecule is O=C(OOP(=O)(OOC(=O)C(O)C(O)C(O)C(O)CO)OOC(=O)C(O)(C(O)C(O)C(O)CO)[C@]1(CO)OC(O)[C@H](O)[C@@H](O)[C@@H]1O)C(O)C(O)C(O)C(O)CO. The molecule has 1 saturated heterocycles. The lowest BCUT2D eigenvalue weighted by molar-refractivity contribution is -0.381. The topological polar surface area (TPSA) is 537 Å². The Hall–Kier alpha value is -2.32. The monoisotopic (exact) mass is 858 g/mol. The summed E-state index contributed by atoms with van der Waals surface area (Å²) in [6.45, 7) is -6.11. The number of carbonyl (C=O) groups is 3. The van der Waals surface area contributed by atoms with E-state index in [2.05, 4.69) is 28.7 Å². The first-order valence-corrected chi connectivity index (χ1v) is 16.6. The normalized spacial score (nSPS) is 29.7. The average molecular weight is 859 g/mol. The van der Waals surface area contributed by atoms with E-state index in [1.54, 1.807) is 0 Å². The molecule has 17 atom stereocenters. The van der Waals surface area contributed by atoms with Crippen LogP contribution in [-0.4, -0.2) is 249 Å². The van der Waals surface area contributed by atoms with Gasteiger partial charge in [0.05, 0.1) is 26.4 Å². The molecule has 0 spiro atoms. The summed E-state index contributed by atoms with van der Waals surface area (Å²) in [5.74, 6) is -7.64. The minimum Gasteiger partial charge on any atom is -0.394 e. The van der Waals surface area contributed by atoms with E-state index in [0.29, 0.717) is 0 Å². The fraction of sp³-hybridized carbons (Fsp3) is 0.875. The summed E-state index contributed by atoms with van der Waals surface area (Å²) in [5, 5.41) is 198. The van der Waals surface area contributed by atoms with Gasteiger partial charge in [-0.2, -0.15) is 0 Å². The van der Waals surface area contributed by atoms with Crippen molar-refractivity contribution in [3.05, 3.63) is 0 Å². The number of aliphatic hydroxyl groups is 20. The van der Waals surface area contributed by atoms with E-state index in [1.807, 2.05) is 0 Å². The summed E-state index contributed by atoms with van der Waals surface area (Å²) >= 11 is 0. The van der Waals surface area contributed by atoms with Crippen molar-refractivity contribution < 1.29 is 155 Å². The zero-order valence-electron chi connectivity index (χ0n) is 27.9. The van der Waals surface area contributed by atoms with E-state index in [4.69, 9.17) is 14.9 Å². The van der Waals surface area contributed by atoms with E-state index in [1.165, 1.54) is 0 Å². The summed E-state index contributed by atoms with van der Waals surface area (Å²) in [4.78, 5) is 49.5. The van der Waals surface area contributed by atoms with Crippen molar-refractivity contribution >= 4 is 25.7 Å². The third kappa shape index (κ3) is 11.2. The Kier molecular flexibility index (Phi) is 20.0. The number of hydrogen-bond donors (Lipinski definition) is 20. The molecule has 0 aliphatic carbocycles. The zero-order valence-corrected chi connectivity index (χ0v) is 28.8. The molecule has 32 heteroatoms. The zero-order chi connectivity index (χ0) is 43.7. The fourth-order valence-corrected chi connectivity index (χ4v) is 4.99. The first kappa shape index (κ1) is 51.7. The molecule has 0 radical (unpaired) electrons. The summed E-state index contributed by atoms with van der Waals surface area (Å²) in [6, 6.07) is 0. The molecule has 0 aromatic heterocycles. The largest absolute Gasteiger partial charge is 0.584 e. The van der Waals surface area contributed by atoms with Crippen LogP contribution in [0.2, 0.25) is 0 Å². The van der Waals surface area contributed by atoms with Crippen LogP contribution in [0.25, 0.3) is 0 Å². The number of hydrogen-bond acceptors (Lipinski definition) is 31. The summed E-state index contributed by atoms with van der Waals surface area (Å²) < 4.78 is 29.7. The standard InChI is InChI=1S/C24H43O31P/c25-1-5(29)8(32)11(35)14(38)20(44)50-53-56(48,54-51-21(45)15(39)12(36)9(33)6(30)2-26)55-52-22(46)24(47,18(42)10(34)7(31)3-27)23(4-28)17(41)13(37)16(40)19(43)49-23/h5-19,25-43,47H,1-4H2/t5?,6?,7?,8?,9?,10?,11?,12?,13-,14?,15?,16-,17+,18?,19?,23-,24?,56?/m1/s1. The van der Waals surface area contributed by atoms with Gasteiger partial charge in [-0.1, -0.05) is 14.0 Å². The van der Waals surface area contributed by atoms with Crippen molar-refractivity contribution in [2.45, 2.75) is 103 Å². The molecule has 13 unspecified atom stereocenters. The molecule has 0 aromatic carbocycles. The minimum absolute atomic E-state index is 1.27. The van der Waals surface area contributed by atoms with E-state index in [9.17, 15) is 111 Å². The van der Waals surface area contributed by atoms with Crippen molar-refractivity contribution in [2.75, 3.05) is 26.4 Å². The maximum Gasteiger partial charge on any atom is 0.584 e. The van der Waals surface area contributed by atoms with E-state index >= 15 is 0 Å². The van der Waals surface area contributed by atoms with Crippen LogP contribution < -0.4 is 0 Å². The smallest absolute Gasteiger partial charge is 0.394 e. The molecule has 20 N–H and O–H groups in total. The van der Waals surface area contributed by atoms with Gasteiger partial charge >= 0.3 is 25.7 Å². The lowest BCUT2D eigenvalue weighted by Crippen LogP contribution is -2.81. The highest BCUT2D eigenvalue weighted by atomic mass is 31.2. The van der Waals surface area contributed by atoms with Crippen LogP contribution in [0.4, 0.5) is 0 Å². The Morgan fingerprint density at radius 3 is 1.36 bits per heavy atom. The predicted octanol–water partition coefficient (Wildman–Crippen LogP) is -13.6. The van der Waals surface area contributed by atoms with Gasteiger partial charge in [0.1, 0.15) is 73.2 Å². The Morgan fingerprint density at radius 2 is 0.982 bits per heavy atom. The van der Waals surface area contributed by atoms with Gasteiger partial charge in [-0.25, -0.2) is 18.9 Å². The van der Waals surface area contributed by atoms with Gasteiger partial charge < -0.3 is 107 Å². The van der Waals surface area contributed by atoms with Crippen LogP contribution >= 0.6 is 7.82 Å². The van der Waals surface area contributed by atoms with Crippen LogP contribution in [-0.2, 0) is 52.4 Å². The van der Waals surface area contributed by atoms with Crippen molar-refractivity contribution in [3.8, 4) is 0 Å². The van der Waals surface area contributed by atoms with Crippen LogP contribution in [0, 0.1) is 0 Å². The minimum atomic E-state index is -6.55. The maximum atomic E-state index is 13.4. The molecule has 1 fully saturated rings. The molecule has 31 nitrogen and oxygen atoms in total. The molecular weight excluding hydrogens is 815 g/mol. The Labute approximate surface area is 310 Å². The number of ether oxygens (including phenoxy) is 1. The molecule has 0 bridgehead atoms. The van der Waals surface area contributed by atoms with Crippen LogP contribution in [0.15, 0.2) is 0 Å². The molecule has 1 aliphatic rings. The lowest BCUT2D eigenvalue weighted by Gasteiger charge is -2.53. The molecule has 0 amide bonds. The van der Waals surface area contributed by atoms with Gasteiger partial charge in [-0.05, 0) is 0 Å². The number of carbonyl (C=O) groups excluding carboxylic acids is 3. The molecule has 0 aromatic rings. The van der Waals surface area contributed by atoms with Gasteiger partial charge in [0.25, 0.3) is 0 Å². The second kappa shape index (κ2) is 21.6. The highest BCUT2D eigenvalue weighted by molar-refractivity contribution is 7.48. The highest BCUT2D eigenvalue weighted by Crippen LogP contribution is 2.51. The summed E-state index contributed by atoms with van der Waals surface area (Å²) in [6.07, 6.45) is -41.4. The second-order valence-electron chi connectivity index (χ2n) is 11.6. The third-order valence-corrected chi connectivity index (χ3v) is 8.69. The van der Waals surface area contributed by atoms with Gasteiger partial charge in [-0.3, -0.25) is 14.7 Å². The van der Waals surface area contributed by atoms with Crippen molar-refractivity contribution in [3.63, 3.8) is 0 Å². The van der Waals surface area contributed by atoms with Crippen LogP contribution in [0.1, 0.15) is 0 Å². The van der Waals surface area contributed by atoms with Crippen LogP contribution in [0.3, 0.4) is 0 Å². The molecule has 1 aliphatic heterocycles. The van der Waals surface area contributed by atoms with E-state index < -0.39 is 155 Å². The number of phosphoric acid groups is 1. The van der Waals surface area contributed by atoms with Gasteiger partial charge in [0, 0.05) is 0 Å². The lowest BCUT2D eigenvalue weighted by atomic mass is 9.69. The predicted molar refractivity (Wildman–Crippen MR) is 156 cm³/mol. The first-order valence-electron chi connectivity index (χ1n) is 15.2. The quantitative estimate of drug-likeness (QED) is 0.0258. The van der Waals surface area contributed by atoms with E-state index in [0.717, 1.165) is 0 Å². The maximum absolute atomic E-state index is 13.4. The molecule has 0 saturated carbocycles. The van der Waals surface area contributed by atoms with Gasteiger partial charge in [0.15, 0.2) is 24.1 Å². The number of aliphatic hydroxyl groups excluding tert-OH is 19. The van der Waals surface area contributed by atoms with Crippen LogP contribution in [0.5, 0.6) is 0 Å². The van der Waals surface area contributed by atoms with Gasteiger partial charge in [-0.15, -0.1) is 0 Å².